The highest BCUT2D eigenvalue weighted by atomic mass is 16.5. The molecule has 1 aliphatic heterocycles. The quantitative estimate of drug-likeness (QED) is 0.168. The summed E-state index contributed by atoms with van der Waals surface area (Å²) in [6, 6.07) is 16.7. The van der Waals surface area contributed by atoms with Crippen LogP contribution in [-0.2, 0) is 46.5 Å². The molecule has 4 rings (SSSR count). The Balaban J connectivity index is 1.65. The van der Waals surface area contributed by atoms with Gasteiger partial charge in [0.2, 0.25) is 0 Å². The van der Waals surface area contributed by atoms with Crippen LogP contribution in [0.25, 0.3) is 4.85 Å². The molecule has 1 aliphatic rings. The standard InChI is InChI=1S/C34H40N6O8/c1-35-30-32(40(14-18-44-2)15-19-45-3)37-29(31(38-30)39-16-20-46-21-17-39)33(42)36-27(34(43)48-24-26-12-8-5-9-13-26)22-28(41)47-23-25-10-6-4-7-11-25/h4-13,27H,14-24H2,2-3H3,(H,36,42)/t27-/m1/s1. The molecule has 0 saturated carbocycles. The molecule has 3 aromatic rings. The van der Waals surface area contributed by atoms with E-state index in [1.165, 1.54) is 0 Å². The number of methoxy groups -OCH3 is 2. The Morgan fingerprint density at radius 3 is 2.06 bits per heavy atom. The Morgan fingerprint density at radius 2 is 1.50 bits per heavy atom. The second-order valence-corrected chi connectivity index (χ2v) is 10.7. The molecule has 1 fully saturated rings. The molecule has 1 amide bonds. The number of morpholine rings is 1. The summed E-state index contributed by atoms with van der Waals surface area (Å²) in [6.45, 7) is 10.7. The van der Waals surface area contributed by atoms with E-state index < -0.39 is 30.3 Å². The van der Waals surface area contributed by atoms with Gasteiger partial charge in [-0.1, -0.05) is 72.2 Å². The van der Waals surface area contributed by atoms with E-state index in [2.05, 4.69) is 20.1 Å². The van der Waals surface area contributed by atoms with Gasteiger partial charge in [-0.15, -0.1) is 0 Å². The van der Waals surface area contributed by atoms with E-state index in [9.17, 15) is 14.4 Å². The number of anilines is 2. The number of carbonyl (C=O) groups is 3. The fourth-order valence-corrected chi connectivity index (χ4v) is 4.78. The number of esters is 2. The van der Waals surface area contributed by atoms with Crippen molar-refractivity contribution in [2.24, 2.45) is 0 Å². The number of hydrogen-bond donors (Lipinski definition) is 1. The highest BCUT2D eigenvalue weighted by Gasteiger charge is 2.33. The van der Waals surface area contributed by atoms with Crippen LogP contribution in [0.15, 0.2) is 60.7 Å². The predicted molar refractivity (Wildman–Crippen MR) is 176 cm³/mol. The molecule has 14 nitrogen and oxygen atoms in total. The lowest BCUT2D eigenvalue weighted by Crippen LogP contribution is -2.45. The fraction of sp³-hybridized carbons (Fsp3) is 0.412. The molecule has 14 heteroatoms. The third kappa shape index (κ3) is 10.5. The Bertz CT molecular complexity index is 1520. The van der Waals surface area contributed by atoms with Gasteiger partial charge in [-0.25, -0.2) is 9.78 Å². The van der Waals surface area contributed by atoms with E-state index in [4.69, 9.17) is 30.3 Å². The van der Waals surface area contributed by atoms with Crippen LogP contribution in [0.3, 0.4) is 0 Å². The van der Waals surface area contributed by atoms with E-state index in [0.29, 0.717) is 52.6 Å². The summed E-state index contributed by atoms with van der Waals surface area (Å²) in [5.74, 6) is -2.01. The van der Waals surface area contributed by atoms with E-state index in [-0.39, 0.29) is 36.4 Å². The van der Waals surface area contributed by atoms with Crippen LogP contribution in [0.2, 0.25) is 0 Å². The Kier molecular flexibility index (Phi) is 14.1. The first-order valence-corrected chi connectivity index (χ1v) is 15.5. The minimum Gasteiger partial charge on any atom is -0.461 e. The molecule has 1 aromatic heterocycles. The summed E-state index contributed by atoms with van der Waals surface area (Å²) in [7, 11) is 3.11. The normalized spacial score (nSPS) is 13.2. The van der Waals surface area contributed by atoms with Gasteiger partial charge in [-0.05, 0) is 11.1 Å². The predicted octanol–water partition coefficient (Wildman–Crippen LogP) is 2.94. The smallest absolute Gasteiger partial charge is 0.329 e. The average molecular weight is 661 g/mol. The number of ether oxygens (including phenoxy) is 5. The molecule has 0 radical (unpaired) electrons. The maximum atomic E-state index is 14.1. The molecule has 1 saturated heterocycles. The van der Waals surface area contributed by atoms with Gasteiger partial charge in [0, 0.05) is 40.4 Å². The van der Waals surface area contributed by atoms with Crippen molar-refractivity contribution in [3.8, 4) is 0 Å². The number of aromatic nitrogens is 2. The molecule has 1 atom stereocenters. The average Bonchev–Trinajstić information content (AvgIpc) is 3.13. The van der Waals surface area contributed by atoms with Gasteiger partial charge in [0.15, 0.2) is 11.5 Å². The second-order valence-electron chi connectivity index (χ2n) is 10.7. The van der Waals surface area contributed by atoms with Gasteiger partial charge < -0.3 is 43.6 Å². The molecule has 1 N–H and O–H groups in total. The second kappa shape index (κ2) is 18.9. The lowest BCUT2D eigenvalue weighted by Gasteiger charge is -2.29. The molecule has 48 heavy (non-hydrogen) atoms. The Labute approximate surface area is 279 Å². The van der Waals surface area contributed by atoms with Gasteiger partial charge >= 0.3 is 17.8 Å². The molecule has 0 bridgehead atoms. The molecule has 2 heterocycles. The number of amides is 1. The van der Waals surface area contributed by atoms with Crippen molar-refractivity contribution >= 4 is 35.3 Å². The van der Waals surface area contributed by atoms with E-state index in [1.54, 1.807) is 48.3 Å². The maximum absolute atomic E-state index is 14.1. The summed E-state index contributed by atoms with van der Waals surface area (Å²) in [5.41, 5.74) is 1.37. The number of rotatable bonds is 17. The Hall–Kier alpha value is -5.10. The van der Waals surface area contributed by atoms with Crippen LogP contribution < -0.4 is 15.1 Å². The van der Waals surface area contributed by atoms with Crippen molar-refractivity contribution in [2.45, 2.75) is 25.7 Å². The van der Waals surface area contributed by atoms with Gasteiger partial charge in [0.05, 0.1) is 32.8 Å². The molecule has 254 valence electrons. The summed E-state index contributed by atoms with van der Waals surface area (Å²) < 4.78 is 26.9. The van der Waals surface area contributed by atoms with Crippen molar-refractivity contribution in [1.29, 1.82) is 0 Å². The lowest BCUT2D eigenvalue weighted by molar-refractivity contribution is -0.153. The summed E-state index contributed by atoms with van der Waals surface area (Å²) in [5, 5.41) is 2.65. The van der Waals surface area contributed by atoms with Crippen molar-refractivity contribution in [3.05, 3.63) is 88.9 Å². The van der Waals surface area contributed by atoms with Gasteiger partial charge in [0.25, 0.3) is 11.7 Å². The number of nitrogens with zero attached hydrogens (tertiary/aromatic N) is 5. The molecular weight excluding hydrogens is 620 g/mol. The van der Waals surface area contributed by atoms with Crippen LogP contribution in [-0.4, -0.2) is 101 Å². The van der Waals surface area contributed by atoms with Gasteiger partial charge in [-0.3, -0.25) is 9.59 Å². The van der Waals surface area contributed by atoms with Crippen molar-refractivity contribution in [3.63, 3.8) is 0 Å². The zero-order valence-corrected chi connectivity index (χ0v) is 27.1. The van der Waals surface area contributed by atoms with Crippen LogP contribution >= 0.6 is 0 Å². The molecule has 0 spiro atoms. The summed E-state index contributed by atoms with van der Waals surface area (Å²) in [6.07, 6.45) is -0.493. The first-order valence-electron chi connectivity index (χ1n) is 15.5. The zero-order chi connectivity index (χ0) is 34.1. The number of carbonyl (C=O) groups excluding carboxylic acids is 3. The number of benzene rings is 2. The van der Waals surface area contributed by atoms with E-state index in [1.807, 2.05) is 36.4 Å². The summed E-state index contributed by atoms with van der Waals surface area (Å²) >= 11 is 0. The molecular formula is C34H40N6O8. The highest BCUT2D eigenvalue weighted by Crippen LogP contribution is 2.30. The van der Waals surface area contributed by atoms with E-state index in [0.717, 1.165) is 11.1 Å². The largest absolute Gasteiger partial charge is 0.461 e. The molecule has 0 unspecified atom stereocenters. The minimum atomic E-state index is -1.41. The molecule has 2 aromatic carbocycles. The third-order valence-electron chi connectivity index (χ3n) is 7.33. The first kappa shape index (κ1) is 35.7. The van der Waals surface area contributed by atoms with Crippen molar-refractivity contribution in [1.82, 2.24) is 15.3 Å². The maximum Gasteiger partial charge on any atom is 0.329 e. The van der Waals surface area contributed by atoms with Gasteiger partial charge in [-0.2, -0.15) is 0 Å². The fourth-order valence-electron chi connectivity index (χ4n) is 4.78. The topological polar surface area (TPSA) is 146 Å². The zero-order valence-electron chi connectivity index (χ0n) is 27.1. The third-order valence-corrected chi connectivity index (χ3v) is 7.33. The van der Waals surface area contributed by atoms with Crippen molar-refractivity contribution in [2.75, 3.05) is 76.6 Å². The first-order chi connectivity index (χ1) is 23.4. The number of nitrogens with one attached hydrogen (secondary N) is 1. The monoisotopic (exact) mass is 660 g/mol. The van der Waals surface area contributed by atoms with Crippen LogP contribution in [0.5, 0.6) is 0 Å². The lowest BCUT2D eigenvalue weighted by atomic mass is 10.2. The van der Waals surface area contributed by atoms with Crippen LogP contribution in [0, 0.1) is 6.57 Å². The minimum absolute atomic E-state index is 0.00765. The van der Waals surface area contributed by atoms with Gasteiger partial charge in [0.1, 0.15) is 19.3 Å². The van der Waals surface area contributed by atoms with Crippen molar-refractivity contribution < 1.29 is 38.1 Å². The highest BCUT2D eigenvalue weighted by molar-refractivity contribution is 6.00. The number of hydrogen-bond acceptors (Lipinski definition) is 12. The van der Waals surface area contributed by atoms with Crippen LogP contribution in [0.1, 0.15) is 28.0 Å². The molecule has 0 aliphatic carbocycles. The summed E-state index contributed by atoms with van der Waals surface area (Å²) in [4.78, 5) is 56.9. The SMILES string of the molecule is [C-]#[N+]c1nc(N2CCOCC2)c(C(=O)N[C@H](CC(=O)OCc2ccccc2)C(=O)OCc2ccccc2)nc1N(CCOC)CCOC. The Morgan fingerprint density at radius 1 is 0.917 bits per heavy atom. The van der Waals surface area contributed by atoms with E-state index >= 15 is 0 Å². The van der Waals surface area contributed by atoms with Crippen LogP contribution in [0.4, 0.5) is 17.5 Å².